The average molecular weight is 346 g/mol. The monoisotopic (exact) mass is 345 g/mol. The summed E-state index contributed by atoms with van der Waals surface area (Å²) in [5.41, 5.74) is 1.09. The first-order chi connectivity index (χ1) is 9.58. The molecule has 0 amide bonds. The lowest BCUT2D eigenvalue weighted by Gasteiger charge is -2.13. The van der Waals surface area contributed by atoms with Crippen LogP contribution in [0.5, 0.6) is 11.5 Å². The molecule has 0 spiro atoms. The molecule has 0 aliphatic carbocycles. The average Bonchev–Trinajstić information content (AvgIpc) is 2.43. The molecule has 0 aromatic heterocycles. The smallest absolute Gasteiger partial charge is 0.133 e. The predicted molar refractivity (Wildman–Crippen MR) is 84.9 cm³/mol. The minimum Gasteiger partial charge on any atom is -0.496 e. The molecule has 20 heavy (non-hydrogen) atoms. The molecule has 1 aromatic carbocycles. The molecule has 0 unspecified atom stereocenters. The standard InChI is InChI=1S/C15H24BrNO3/c1-11(2)17-6-8-20-7-5-12-9-15(19-4)13(16)10-14(12)18-3/h9-11,17H,5-8H2,1-4H3. The van der Waals surface area contributed by atoms with Crippen LogP contribution in [0.4, 0.5) is 0 Å². The molecule has 0 aliphatic rings. The number of benzene rings is 1. The molecule has 0 saturated heterocycles. The van der Waals surface area contributed by atoms with E-state index in [1.807, 2.05) is 12.1 Å². The van der Waals surface area contributed by atoms with Gasteiger partial charge in [0.1, 0.15) is 11.5 Å². The van der Waals surface area contributed by atoms with Crippen molar-refractivity contribution in [2.24, 2.45) is 0 Å². The predicted octanol–water partition coefficient (Wildman–Crippen LogP) is 3.02. The second-order valence-electron chi connectivity index (χ2n) is 4.77. The van der Waals surface area contributed by atoms with Crippen LogP contribution in [0.25, 0.3) is 0 Å². The van der Waals surface area contributed by atoms with Crippen molar-refractivity contribution < 1.29 is 14.2 Å². The van der Waals surface area contributed by atoms with Gasteiger partial charge in [0.2, 0.25) is 0 Å². The van der Waals surface area contributed by atoms with E-state index in [0.717, 1.165) is 34.5 Å². The van der Waals surface area contributed by atoms with Crippen molar-refractivity contribution in [1.82, 2.24) is 5.32 Å². The third kappa shape index (κ3) is 5.69. The van der Waals surface area contributed by atoms with Crippen LogP contribution >= 0.6 is 15.9 Å². The number of ether oxygens (including phenoxy) is 3. The Balaban J connectivity index is 2.46. The van der Waals surface area contributed by atoms with Gasteiger partial charge in [-0.1, -0.05) is 13.8 Å². The van der Waals surface area contributed by atoms with E-state index in [1.54, 1.807) is 14.2 Å². The van der Waals surface area contributed by atoms with Crippen molar-refractivity contribution in [1.29, 1.82) is 0 Å². The molecule has 0 fully saturated rings. The summed E-state index contributed by atoms with van der Waals surface area (Å²) in [7, 11) is 3.33. The van der Waals surface area contributed by atoms with Crippen molar-refractivity contribution in [2.45, 2.75) is 26.3 Å². The Morgan fingerprint density at radius 3 is 2.40 bits per heavy atom. The van der Waals surface area contributed by atoms with Gasteiger partial charge in [0.15, 0.2) is 0 Å². The van der Waals surface area contributed by atoms with Crippen molar-refractivity contribution >= 4 is 15.9 Å². The lowest BCUT2D eigenvalue weighted by atomic mass is 10.1. The highest BCUT2D eigenvalue weighted by Gasteiger charge is 2.09. The van der Waals surface area contributed by atoms with Crippen LogP contribution in [0, 0.1) is 0 Å². The molecule has 5 heteroatoms. The van der Waals surface area contributed by atoms with E-state index in [4.69, 9.17) is 14.2 Å². The fourth-order valence-electron chi connectivity index (χ4n) is 1.82. The molecule has 0 radical (unpaired) electrons. The first-order valence-corrected chi connectivity index (χ1v) is 7.59. The molecule has 114 valence electrons. The molecule has 1 N–H and O–H groups in total. The zero-order chi connectivity index (χ0) is 15.0. The zero-order valence-electron chi connectivity index (χ0n) is 12.7. The third-order valence-corrected chi connectivity index (χ3v) is 3.49. The van der Waals surface area contributed by atoms with E-state index in [0.29, 0.717) is 19.3 Å². The van der Waals surface area contributed by atoms with Gasteiger partial charge in [-0.25, -0.2) is 0 Å². The summed E-state index contributed by atoms with van der Waals surface area (Å²) < 4.78 is 17.2. The Morgan fingerprint density at radius 1 is 1.10 bits per heavy atom. The molecule has 4 nitrogen and oxygen atoms in total. The van der Waals surface area contributed by atoms with Crippen LogP contribution in [0.1, 0.15) is 19.4 Å². The van der Waals surface area contributed by atoms with Crippen LogP contribution in [-0.2, 0) is 11.2 Å². The quantitative estimate of drug-likeness (QED) is 0.698. The van der Waals surface area contributed by atoms with Crippen LogP contribution < -0.4 is 14.8 Å². The first kappa shape index (κ1) is 17.3. The normalized spacial score (nSPS) is 10.9. The summed E-state index contributed by atoms with van der Waals surface area (Å²) in [4.78, 5) is 0. The second-order valence-corrected chi connectivity index (χ2v) is 5.62. The van der Waals surface area contributed by atoms with Crippen molar-refractivity contribution in [2.75, 3.05) is 34.0 Å². The van der Waals surface area contributed by atoms with Crippen molar-refractivity contribution in [3.8, 4) is 11.5 Å². The highest BCUT2D eigenvalue weighted by Crippen LogP contribution is 2.32. The van der Waals surface area contributed by atoms with Crippen LogP contribution in [0.2, 0.25) is 0 Å². The Kier molecular flexibility index (Phi) is 7.95. The summed E-state index contributed by atoms with van der Waals surface area (Å²) in [6.45, 7) is 6.51. The molecule has 0 heterocycles. The van der Waals surface area contributed by atoms with Gasteiger partial charge >= 0.3 is 0 Å². The largest absolute Gasteiger partial charge is 0.496 e. The maximum Gasteiger partial charge on any atom is 0.133 e. The van der Waals surface area contributed by atoms with Gasteiger partial charge in [-0.05, 0) is 34.5 Å². The van der Waals surface area contributed by atoms with Crippen LogP contribution in [0.3, 0.4) is 0 Å². The fraction of sp³-hybridized carbons (Fsp3) is 0.600. The molecule has 0 saturated carbocycles. The number of hydrogen-bond acceptors (Lipinski definition) is 4. The summed E-state index contributed by atoms with van der Waals surface area (Å²) >= 11 is 3.45. The fourth-order valence-corrected chi connectivity index (χ4v) is 2.31. The summed E-state index contributed by atoms with van der Waals surface area (Å²) in [6.07, 6.45) is 0.800. The van der Waals surface area contributed by atoms with Gasteiger partial charge < -0.3 is 19.5 Å². The van der Waals surface area contributed by atoms with Crippen molar-refractivity contribution in [3.05, 3.63) is 22.2 Å². The van der Waals surface area contributed by atoms with Crippen molar-refractivity contribution in [3.63, 3.8) is 0 Å². The summed E-state index contributed by atoms with van der Waals surface area (Å²) in [5.74, 6) is 1.66. The highest BCUT2D eigenvalue weighted by molar-refractivity contribution is 9.10. The minimum absolute atomic E-state index is 0.495. The van der Waals surface area contributed by atoms with Gasteiger partial charge in [0.25, 0.3) is 0 Å². The number of methoxy groups -OCH3 is 2. The van der Waals surface area contributed by atoms with E-state index in [1.165, 1.54) is 0 Å². The van der Waals surface area contributed by atoms with Gasteiger partial charge in [0, 0.05) is 18.2 Å². The maximum absolute atomic E-state index is 5.62. The Hall–Kier alpha value is -0.780. The molecule has 0 bridgehead atoms. The van der Waals surface area contributed by atoms with Gasteiger partial charge in [-0.15, -0.1) is 0 Å². The second kappa shape index (κ2) is 9.21. The van der Waals surface area contributed by atoms with Gasteiger partial charge in [0.05, 0.1) is 31.9 Å². The Morgan fingerprint density at radius 2 is 1.80 bits per heavy atom. The van der Waals surface area contributed by atoms with E-state index in [9.17, 15) is 0 Å². The van der Waals surface area contributed by atoms with E-state index >= 15 is 0 Å². The summed E-state index contributed by atoms with van der Waals surface area (Å²) in [6, 6.07) is 4.40. The third-order valence-electron chi connectivity index (χ3n) is 2.87. The van der Waals surface area contributed by atoms with Crippen LogP contribution in [0.15, 0.2) is 16.6 Å². The number of rotatable bonds is 9. The van der Waals surface area contributed by atoms with E-state index in [2.05, 4.69) is 35.1 Å². The van der Waals surface area contributed by atoms with Gasteiger partial charge in [-0.3, -0.25) is 0 Å². The zero-order valence-corrected chi connectivity index (χ0v) is 14.2. The molecular weight excluding hydrogens is 322 g/mol. The lowest BCUT2D eigenvalue weighted by Crippen LogP contribution is -2.26. The Bertz CT molecular complexity index is 410. The SMILES string of the molecule is COc1cc(CCOCCNC(C)C)c(OC)cc1Br. The first-order valence-electron chi connectivity index (χ1n) is 6.80. The van der Waals surface area contributed by atoms with E-state index in [-0.39, 0.29) is 0 Å². The highest BCUT2D eigenvalue weighted by atomic mass is 79.9. The van der Waals surface area contributed by atoms with Crippen LogP contribution in [-0.4, -0.2) is 40.0 Å². The molecule has 0 aliphatic heterocycles. The Labute approximate surface area is 129 Å². The number of halogens is 1. The topological polar surface area (TPSA) is 39.7 Å². The number of hydrogen-bond donors (Lipinski definition) is 1. The molecule has 0 atom stereocenters. The molecule has 1 rings (SSSR count). The minimum atomic E-state index is 0.495. The summed E-state index contributed by atoms with van der Waals surface area (Å²) in [5, 5.41) is 3.32. The lowest BCUT2D eigenvalue weighted by molar-refractivity contribution is 0.137. The van der Waals surface area contributed by atoms with Gasteiger partial charge in [-0.2, -0.15) is 0 Å². The molecular formula is C15H24BrNO3. The molecule has 1 aromatic rings. The maximum atomic E-state index is 5.62. The van der Waals surface area contributed by atoms with E-state index < -0.39 is 0 Å². The number of nitrogens with one attached hydrogen (secondary N) is 1.